The van der Waals surface area contributed by atoms with Crippen LogP contribution in [0.25, 0.3) is 0 Å². The molecular weight excluding hydrogens is 423 g/mol. The number of thioether (sulfide) groups is 1. The zero-order valence-corrected chi connectivity index (χ0v) is 17.4. The summed E-state index contributed by atoms with van der Waals surface area (Å²) in [5, 5.41) is 15.3. The molecule has 1 unspecified atom stereocenters. The highest BCUT2D eigenvalue weighted by atomic mass is 35.5. The summed E-state index contributed by atoms with van der Waals surface area (Å²) in [6.07, 6.45) is 0. The number of rotatable bonds is 7. The average molecular weight is 439 g/mol. The van der Waals surface area contributed by atoms with Crippen molar-refractivity contribution in [2.75, 3.05) is 10.6 Å². The van der Waals surface area contributed by atoms with Crippen LogP contribution in [0.5, 0.6) is 0 Å². The lowest BCUT2D eigenvalue weighted by Gasteiger charge is -2.11. The molecule has 5 nitrogen and oxygen atoms in total. The van der Waals surface area contributed by atoms with E-state index in [-0.39, 0.29) is 11.2 Å². The van der Waals surface area contributed by atoms with E-state index in [0.717, 1.165) is 5.56 Å². The molecule has 3 rings (SSSR count). The summed E-state index contributed by atoms with van der Waals surface area (Å²) >= 11 is 14.8. The van der Waals surface area contributed by atoms with Crippen LogP contribution in [0.1, 0.15) is 12.5 Å². The van der Waals surface area contributed by atoms with E-state index in [2.05, 4.69) is 20.8 Å². The third-order valence-corrected chi connectivity index (χ3v) is 6.43. The lowest BCUT2D eigenvalue weighted by molar-refractivity contribution is -0.115. The minimum Gasteiger partial charge on any atom is -0.356 e. The zero-order valence-electron chi connectivity index (χ0n) is 14.3. The first-order chi connectivity index (χ1) is 13.0. The quantitative estimate of drug-likeness (QED) is 0.471. The van der Waals surface area contributed by atoms with Gasteiger partial charge >= 0.3 is 0 Å². The van der Waals surface area contributed by atoms with Crippen LogP contribution in [0, 0.1) is 0 Å². The summed E-state index contributed by atoms with van der Waals surface area (Å²) in [5.74, 6) is -0.182. The van der Waals surface area contributed by atoms with Crippen molar-refractivity contribution >= 4 is 63.0 Å². The lowest BCUT2D eigenvalue weighted by atomic mass is 10.2. The maximum Gasteiger partial charge on any atom is 0.237 e. The Hall–Kier alpha value is -1.80. The number of halogens is 2. The van der Waals surface area contributed by atoms with Gasteiger partial charge in [-0.1, -0.05) is 82.7 Å². The summed E-state index contributed by atoms with van der Waals surface area (Å²) in [7, 11) is 0. The van der Waals surface area contributed by atoms with E-state index < -0.39 is 0 Å². The molecule has 140 valence electrons. The molecule has 0 saturated carbocycles. The van der Waals surface area contributed by atoms with Gasteiger partial charge in [0.25, 0.3) is 0 Å². The summed E-state index contributed by atoms with van der Waals surface area (Å²) in [6.45, 7) is 2.47. The molecule has 1 amide bonds. The summed E-state index contributed by atoms with van der Waals surface area (Å²) in [5.41, 5.74) is 1.65. The van der Waals surface area contributed by atoms with Gasteiger partial charge in [0, 0.05) is 6.54 Å². The molecule has 1 aromatic heterocycles. The normalized spacial score (nSPS) is 11.8. The Morgan fingerprint density at radius 1 is 1.15 bits per heavy atom. The molecule has 0 saturated heterocycles. The smallest absolute Gasteiger partial charge is 0.237 e. The number of amides is 1. The molecule has 3 aromatic rings. The van der Waals surface area contributed by atoms with Crippen molar-refractivity contribution in [3.05, 3.63) is 64.1 Å². The second kappa shape index (κ2) is 9.41. The fourth-order valence-electron chi connectivity index (χ4n) is 2.14. The molecule has 0 radical (unpaired) electrons. The maximum atomic E-state index is 12.4. The zero-order chi connectivity index (χ0) is 19.2. The van der Waals surface area contributed by atoms with Crippen LogP contribution in [0.3, 0.4) is 0 Å². The van der Waals surface area contributed by atoms with Crippen LogP contribution in [0.2, 0.25) is 10.0 Å². The summed E-state index contributed by atoms with van der Waals surface area (Å²) in [4.78, 5) is 12.4. The minimum atomic E-state index is -0.366. The Bertz CT molecular complexity index is 921. The third-order valence-electron chi connectivity index (χ3n) is 3.55. The van der Waals surface area contributed by atoms with Crippen molar-refractivity contribution in [2.45, 2.75) is 23.1 Å². The Morgan fingerprint density at radius 3 is 2.70 bits per heavy atom. The molecule has 2 N–H and O–H groups in total. The largest absolute Gasteiger partial charge is 0.356 e. The average Bonchev–Trinajstić information content (AvgIpc) is 3.12. The SMILES string of the molecule is CC(Sc1nnc(NCc2ccccc2)s1)C(=O)Nc1cccc(Cl)c1Cl. The first kappa shape index (κ1) is 19.9. The molecule has 0 fully saturated rings. The van der Waals surface area contributed by atoms with Gasteiger partial charge in [0.2, 0.25) is 11.0 Å². The Morgan fingerprint density at radius 2 is 1.93 bits per heavy atom. The molecule has 0 aliphatic rings. The Balaban J connectivity index is 1.54. The van der Waals surface area contributed by atoms with Crippen molar-refractivity contribution in [3.8, 4) is 0 Å². The van der Waals surface area contributed by atoms with Gasteiger partial charge in [-0.15, -0.1) is 10.2 Å². The van der Waals surface area contributed by atoms with Gasteiger partial charge in [-0.05, 0) is 24.6 Å². The Labute approximate surface area is 175 Å². The van der Waals surface area contributed by atoms with Crippen LogP contribution in [0.15, 0.2) is 52.9 Å². The molecule has 0 spiro atoms. The van der Waals surface area contributed by atoms with Gasteiger partial charge in [-0.2, -0.15) is 0 Å². The Kier molecular flexibility index (Phi) is 6.95. The van der Waals surface area contributed by atoms with E-state index in [1.807, 2.05) is 30.3 Å². The number of nitrogens with zero attached hydrogens (tertiary/aromatic N) is 2. The van der Waals surface area contributed by atoms with Gasteiger partial charge in [0.15, 0.2) is 4.34 Å². The molecule has 0 aliphatic carbocycles. The van der Waals surface area contributed by atoms with E-state index in [9.17, 15) is 4.79 Å². The first-order valence-corrected chi connectivity index (χ1v) is 10.5. The highest BCUT2D eigenvalue weighted by molar-refractivity contribution is 8.02. The minimum absolute atomic E-state index is 0.182. The molecule has 2 aromatic carbocycles. The third kappa shape index (κ3) is 5.59. The number of hydrogen-bond acceptors (Lipinski definition) is 6. The van der Waals surface area contributed by atoms with E-state index in [1.54, 1.807) is 25.1 Å². The van der Waals surface area contributed by atoms with Gasteiger partial charge in [-0.25, -0.2) is 0 Å². The predicted octanol–water partition coefficient (Wildman–Crippen LogP) is 5.58. The molecule has 0 bridgehead atoms. The van der Waals surface area contributed by atoms with Crippen molar-refractivity contribution in [1.29, 1.82) is 0 Å². The maximum absolute atomic E-state index is 12.4. The number of aromatic nitrogens is 2. The fraction of sp³-hybridized carbons (Fsp3) is 0.167. The van der Waals surface area contributed by atoms with Crippen molar-refractivity contribution in [2.24, 2.45) is 0 Å². The van der Waals surface area contributed by atoms with E-state index in [1.165, 1.54) is 23.1 Å². The van der Waals surface area contributed by atoms with Crippen LogP contribution in [0.4, 0.5) is 10.8 Å². The molecular formula is C18H16Cl2N4OS2. The van der Waals surface area contributed by atoms with Gasteiger partial charge in [-0.3, -0.25) is 4.79 Å². The summed E-state index contributed by atoms with van der Waals surface area (Å²) < 4.78 is 0.713. The van der Waals surface area contributed by atoms with E-state index in [4.69, 9.17) is 23.2 Å². The molecule has 27 heavy (non-hydrogen) atoms. The first-order valence-electron chi connectivity index (χ1n) is 8.06. The van der Waals surface area contributed by atoms with Crippen LogP contribution < -0.4 is 10.6 Å². The highest BCUT2D eigenvalue weighted by Crippen LogP contribution is 2.32. The number of anilines is 2. The van der Waals surface area contributed by atoms with E-state index >= 15 is 0 Å². The van der Waals surface area contributed by atoms with Gasteiger partial charge in [0.05, 0.1) is 21.0 Å². The monoisotopic (exact) mass is 438 g/mol. The number of carbonyl (C=O) groups excluding carboxylic acids is 1. The van der Waals surface area contributed by atoms with Crippen molar-refractivity contribution < 1.29 is 4.79 Å². The number of carbonyl (C=O) groups is 1. The fourth-order valence-corrected chi connectivity index (χ4v) is 4.38. The number of benzene rings is 2. The van der Waals surface area contributed by atoms with Crippen LogP contribution in [-0.4, -0.2) is 21.4 Å². The van der Waals surface area contributed by atoms with Gasteiger partial charge in [0.1, 0.15) is 0 Å². The van der Waals surface area contributed by atoms with Crippen LogP contribution >= 0.6 is 46.3 Å². The second-order valence-corrected chi connectivity index (χ2v) is 8.91. The lowest BCUT2D eigenvalue weighted by Crippen LogP contribution is -2.22. The van der Waals surface area contributed by atoms with Crippen molar-refractivity contribution in [3.63, 3.8) is 0 Å². The number of nitrogens with one attached hydrogen (secondary N) is 2. The number of hydrogen-bond donors (Lipinski definition) is 2. The second-order valence-electron chi connectivity index (χ2n) is 5.56. The highest BCUT2D eigenvalue weighted by Gasteiger charge is 2.18. The topological polar surface area (TPSA) is 66.9 Å². The standard InChI is InChI=1S/C18H16Cl2N4OS2/c1-11(16(25)22-14-9-5-8-13(19)15(14)20)26-18-24-23-17(27-18)21-10-12-6-3-2-4-7-12/h2-9,11H,10H2,1H3,(H,21,23)(H,22,25). The predicted molar refractivity (Wildman–Crippen MR) is 114 cm³/mol. The molecule has 1 atom stereocenters. The summed E-state index contributed by atoms with van der Waals surface area (Å²) in [6, 6.07) is 15.1. The van der Waals surface area contributed by atoms with E-state index in [0.29, 0.717) is 31.7 Å². The molecule has 1 heterocycles. The van der Waals surface area contributed by atoms with Crippen LogP contribution in [-0.2, 0) is 11.3 Å². The van der Waals surface area contributed by atoms with Gasteiger partial charge < -0.3 is 10.6 Å². The molecule has 9 heteroatoms. The molecule has 0 aliphatic heterocycles. The van der Waals surface area contributed by atoms with Crippen molar-refractivity contribution in [1.82, 2.24) is 10.2 Å².